The first-order valence-corrected chi connectivity index (χ1v) is 7.76. The van der Waals surface area contributed by atoms with Gasteiger partial charge in [-0.3, -0.25) is 9.89 Å². The van der Waals surface area contributed by atoms with Crippen molar-refractivity contribution in [1.29, 1.82) is 0 Å². The van der Waals surface area contributed by atoms with E-state index >= 15 is 0 Å². The second-order valence-electron chi connectivity index (χ2n) is 6.61. The molecule has 110 valence electrons. The molecule has 1 spiro atoms. The number of aryl methyl sites for hydroxylation is 1. The van der Waals surface area contributed by atoms with Crippen LogP contribution in [0, 0.1) is 6.92 Å². The Morgan fingerprint density at radius 3 is 3.00 bits per heavy atom. The minimum atomic E-state index is -0.455. The maximum absolute atomic E-state index is 12.6. The van der Waals surface area contributed by atoms with E-state index in [1.807, 2.05) is 25.1 Å². The third kappa shape index (κ3) is 1.57. The van der Waals surface area contributed by atoms with Crippen LogP contribution in [-0.4, -0.2) is 24.0 Å². The highest BCUT2D eigenvalue weighted by Gasteiger charge is 2.65. The SMILES string of the molecule is [B]c1ccc2c(c1)[C@]1(CC1c1ccc3c(C)[nH]nc3c1)C(=O)N2. The average Bonchev–Trinajstić information content (AvgIpc) is 3.12. The van der Waals surface area contributed by atoms with E-state index < -0.39 is 5.41 Å². The van der Waals surface area contributed by atoms with E-state index in [2.05, 4.69) is 33.7 Å². The van der Waals surface area contributed by atoms with Gasteiger partial charge in [0, 0.05) is 22.7 Å². The Kier molecular flexibility index (Phi) is 2.27. The highest BCUT2D eigenvalue weighted by atomic mass is 16.2. The summed E-state index contributed by atoms with van der Waals surface area (Å²) in [5.74, 6) is 0.272. The zero-order valence-corrected chi connectivity index (χ0v) is 12.7. The summed E-state index contributed by atoms with van der Waals surface area (Å²) in [7, 11) is 5.93. The summed E-state index contributed by atoms with van der Waals surface area (Å²) >= 11 is 0. The first-order chi connectivity index (χ1) is 11.1. The first kappa shape index (κ1) is 12.9. The number of rotatable bonds is 1. The minimum absolute atomic E-state index is 0.0846. The molecule has 2 aromatic carbocycles. The molecule has 2 N–H and O–H groups in total. The minimum Gasteiger partial charge on any atom is -0.325 e. The number of fused-ring (bicyclic) bond motifs is 3. The summed E-state index contributed by atoms with van der Waals surface area (Å²) in [5, 5.41) is 11.5. The lowest BCUT2D eigenvalue weighted by atomic mass is 9.86. The quantitative estimate of drug-likeness (QED) is 0.676. The number of H-pyrrole nitrogens is 1. The van der Waals surface area contributed by atoms with Crippen LogP contribution in [0.4, 0.5) is 5.69 Å². The number of amides is 1. The van der Waals surface area contributed by atoms with Gasteiger partial charge >= 0.3 is 0 Å². The molecule has 23 heavy (non-hydrogen) atoms. The highest BCUT2D eigenvalue weighted by molar-refractivity contribution is 6.32. The second kappa shape index (κ2) is 4.04. The van der Waals surface area contributed by atoms with E-state index in [-0.39, 0.29) is 11.8 Å². The summed E-state index contributed by atoms with van der Waals surface area (Å²) in [6, 6.07) is 12.0. The average molecular weight is 299 g/mol. The summed E-state index contributed by atoms with van der Waals surface area (Å²) < 4.78 is 0. The molecular formula is C18H14BN3O. The van der Waals surface area contributed by atoms with Crippen molar-refractivity contribution in [1.82, 2.24) is 10.2 Å². The lowest BCUT2D eigenvalue weighted by Gasteiger charge is -2.09. The molecule has 2 atom stereocenters. The Morgan fingerprint density at radius 1 is 1.26 bits per heavy atom. The van der Waals surface area contributed by atoms with Crippen LogP contribution in [0.15, 0.2) is 36.4 Å². The lowest BCUT2D eigenvalue weighted by Crippen LogP contribution is -2.21. The largest absolute Gasteiger partial charge is 0.325 e. The van der Waals surface area contributed by atoms with Gasteiger partial charge < -0.3 is 5.32 Å². The molecule has 5 rings (SSSR count). The maximum Gasteiger partial charge on any atom is 0.235 e. The van der Waals surface area contributed by atoms with Crippen molar-refractivity contribution in [2.75, 3.05) is 5.32 Å². The fourth-order valence-corrected chi connectivity index (χ4v) is 3.99. The smallest absolute Gasteiger partial charge is 0.235 e. The summed E-state index contributed by atoms with van der Waals surface area (Å²) in [4.78, 5) is 12.6. The van der Waals surface area contributed by atoms with Crippen molar-refractivity contribution in [3.05, 3.63) is 53.2 Å². The van der Waals surface area contributed by atoms with Crippen molar-refractivity contribution < 1.29 is 4.79 Å². The predicted octanol–water partition coefficient (Wildman–Crippen LogP) is 2.04. The number of hydrogen-bond acceptors (Lipinski definition) is 2. The van der Waals surface area contributed by atoms with Crippen molar-refractivity contribution >= 4 is 35.8 Å². The zero-order valence-electron chi connectivity index (χ0n) is 12.7. The Balaban J connectivity index is 1.62. The number of hydrogen-bond donors (Lipinski definition) is 2. The molecule has 2 aliphatic rings. The highest BCUT2D eigenvalue weighted by Crippen LogP contribution is 2.64. The van der Waals surface area contributed by atoms with Gasteiger partial charge in [-0.2, -0.15) is 5.10 Å². The number of carbonyl (C=O) groups is 1. The van der Waals surface area contributed by atoms with Crippen LogP contribution in [0.3, 0.4) is 0 Å². The summed E-state index contributed by atoms with van der Waals surface area (Å²) in [6.07, 6.45) is 0.824. The molecule has 1 fully saturated rings. The van der Waals surface area contributed by atoms with Gasteiger partial charge in [-0.15, -0.1) is 0 Å². The molecule has 5 heteroatoms. The molecule has 3 aromatic rings. The first-order valence-electron chi connectivity index (χ1n) is 7.76. The molecule has 1 amide bonds. The molecule has 4 nitrogen and oxygen atoms in total. The van der Waals surface area contributed by atoms with Crippen molar-refractivity contribution in [3.63, 3.8) is 0 Å². The molecule has 1 saturated carbocycles. The van der Waals surface area contributed by atoms with Crippen LogP contribution in [0.1, 0.15) is 29.2 Å². The summed E-state index contributed by atoms with van der Waals surface area (Å²) in [6.45, 7) is 2.01. The molecule has 2 radical (unpaired) electrons. The number of aromatic amines is 1. The lowest BCUT2D eigenvalue weighted by molar-refractivity contribution is -0.118. The summed E-state index contributed by atoms with van der Waals surface area (Å²) in [5.41, 5.74) is 5.35. The Morgan fingerprint density at radius 2 is 2.13 bits per heavy atom. The van der Waals surface area contributed by atoms with Crippen LogP contribution in [0.25, 0.3) is 10.9 Å². The fourth-order valence-electron chi connectivity index (χ4n) is 3.99. The van der Waals surface area contributed by atoms with Crippen LogP contribution in [-0.2, 0) is 10.2 Å². The van der Waals surface area contributed by atoms with Gasteiger partial charge in [0.25, 0.3) is 0 Å². The molecule has 0 saturated heterocycles. The number of nitrogens with one attached hydrogen (secondary N) is 2. The van der Waals surface area contributed by atoms with Crippen molar-refractivity contribution in [2.45, 2.75) is 24.7 Å². The van der Waals surface area contributed by atoms with Gasteiger partial charge in [0.2, 0.25) is 5.91 Å². The van der Waals surface area contributed by atoms with Gasteiger partial charge in [-0.05, 0) is 36.6 Å². The van der Waals surface area contributed by atoms with E-state index in [1.54, 1.807) is 0 Å². The number of nitrogens with zero attached hydrogens (tertiary/aromatic N) is 1. The fraction of sp³-hybridized carbons (Fsp3) is 0.222. The third-order valence-electron chi connectivity index (χ3n) is 5.31. The van der Waals surface area contributed by atoms with Gasteiger partial charge in [0.1, 0.15) is 7.85 Å². The second-order valence-corrected chi connectivity index (χ2v) is 6.61. The van der Waals surface area contributed by atoms with Crippen LogP contribution >= 0.6 is 0 Å². The van der Waals surface area contributed by atoms with Crippen LogP contribution < -0.4 is 10.8 Å². The molecule has 1 unspecified atom stereocenters. The van der Waals surface area contributed by atoms with Crippen molar-refractivity contribution in [3.8, 4) is 0 Å². The maximum atomic E-state index is 12.6. The Bertz CT molecular complexity index is 993. The third-order valence-corrected chi connectivity index (χ3v) is 5.31. The number of benzene rings is 2. The molecular weight excluding hydrogens is 285 g/mol. The van der Waals surface area contributed by atoms with Gasteiger partial charge in [-0.1, -0.05) is 29.7 Å². The Hall–Kier alpha value is -2.56. The number of aromatic nitrogens is 2. The molecule has 0 bridgehead atoms. The molecule has 2 heterocycles. The van der Waals surface area contributed by atoms with E-state index in [4.69, 9.17) is 7.85 Å². The standard InChI is InChI=1S/C18H14BN3O/c1-9-12-4-2-10(6-16(12)22-21-9)14-8-18(14)13-7-11(19)3-5-15(13)20-17(18)23/h2-7,14H,8H2,1H3,(H,20,23)(H,21,22)/t14?,18-/m0/s1. The van der Waals surface area contributed by atoms with Crippen LogP contribution in [0.5, 0.6) is 0 Å². The molecule has 1 aromatic heterocycles. The van der Waals surface area contributed by atoms with E-state index in [1.165, 1.54) is 0 Å². The zero-order chi connectivity index (χ0) is 15.8. The van der Waals surface area contributed by atoms with E-state index in [0.29, 0.717) is 5.46 Å². The molecule has 1 aliphatic carbocycles. The Labute approximate surface area is 134 Å². The van der Waals surface area contributed by atoms with Crippen LogP contribution in [0.2, 0.25) is 0 Å². The van der Waals surface area contributed by atoms with Gasteiger partial charge in [0.05, 0.1) is 10.9 Å². The van der Waals surface area contributed by atoms with E-state index in [9.17, 15) is 4.79 Å². The molecule has 1 aliphatic heterocycles. The normalized spacial score (nSPS) is 24.9. The topological polar surface area (TPSA) is 57.8 Å². The van der Waals surface area contributed by atoms with Crippen molar-refractivity contribution in [2.24, 2.45) is 0 Å². The number of anilines is 1. The number of carbonyl (C=O) groups excluding carboxylic acids is 1. The predicted molar refractivity (Wildman–Crippen MR) is 90.3 cm³/mol. The monoisotopic (exact) mass is 299 g/mol. The van der Waals surface area contributed by atoms with Gasteiger partial charge in [-0.25, -0.2) is 0 Å². The van der Waals surface area contributed by atoms with Gasteiger partial charge in [0.15, 0.2) is 0 Å². The van der Waals surface area contributed by atoms with E-state index in [0.717, 1.165) is 39.8 Å².